The second-order valence-corrected chi connectivity index (χ2v) is 6.34. The third-order valence-electron chi connectivity index (χ3n) is 4.38. The monoisotopic (exact) mass is 391 g/mol. The molecular formula is C22H21N3O4. The highest BCUT2D eigenvalue weighted by atomic mass is 16.4. The summed E-state index contributed by atoms with van der Waals surface area (Å²) in [6.45, 7) is 1.76. The van der Waals surface area contributed by atoms with Crippen molar-refractivity contribution in [3.8, 4) is 0 Å². The largest absolute Gasteiger partial charge is 0.478 e. The molecule has 0 bridgehead atoms. The molecule has 1 aliphatic carbocycles. The lowest BCUT2D eigenvalue weighted by molar-refractivity contribution is -0.134. The minimum atomic E-state index is -1.26. The van der Waals surface area contributed by atoms with E-state index in [0.717, 1.165) is 19.0 Å². The third kappa shape index (κ3) is 5.32. The predicted molar refractivity (Wildman–Crippen MR) is 112 cm³/mol. The van der Waals surface area contributed by atoms with Crippen molar-refractivity contribution in [3.63, 3.8) is 0 Å². The van der Waals surface area contributed by atoms with Crippen LogP contribution in [0.5, 0.6) is 0 Å². The summed E-state index contributed by atoms with van der Waals surface area (Å²) >= 11 is 0. The summed E-state index contributed by atoms with van der Waals surface area (Å²) in [6, 6.07) is 17.2. The normalized spacial score (nSPS) is 14.6. The molecule has 29 heavy (non-hydrogen) atoms. The van der Waals surface area contributed by atoms with Gasteiger partial charge in [0.2, 0.25) is 0 Å². The summed E-state index contributed by atoms with van der Waals surface area (Å²) in [5, 5.41) is 22.5. The number of aliphatic imine (C=N–C) groups is 1. The van der Waals surface area contributed by atoms with Crippen LogP contribution in [-0.4, -0.2) is 41.2 Å². The van der Waals surface area contributed by atoms with Crippen molar-refractivity contribution >= 4 is 30.1 Å². The van der Waals surface area contributed by atoms with E-state index in [2.05, 4.69) is 76.3 Å². The van der Waals surface area contributed by atoms with E-state index in [4.69, 9.17) is 10.2 Å². The van der Waals surface area contributed by atoms with E-state index >= 15 is 0 Å². The topological polar surface area (TPSA) is 111 Å². The van der Waals surface area contributed by atoms with Crippen LogP contribution in [0.15, 0.2) is 65.7 Å². The number of carbonyl (C=O) groups is 2. The van der Waals surface area contributed by atoms with Gasteiger partial charge in [0.25, 0.3) is 0 Å². The van der Waals surface area contributed by atoms with E-state index in [1.165, 1.54) is 22.3 Å². The van der Waals surface area contributed by atoms with E-state index in [0.29, 0.717) is 12.2 Å². The lowest BCUT2D eigenvalue weighted by Gasteiger charge is -2.22. The van der Waals surface area contributed by atoms with Gasteiger partial charge in [-0.3, -0.25) is 4.99 Å². The van der Waals surface area contributed by atoms with E-state index in [-0.39, 0.29) is 6.04 Å². The molecule has 1 heterocycles. The van der Waals surface area contributed by atoms with Crippen LogP contribution in [0, 0.1) is 0 Å². The number of benzene rings is 2. The van der Waals surface area contributed by atoms with Crippen molar-refractivity contribution in [2.24, 2.45) is 4.99 Å². The van der Waals surface area contributed by atoms with Crippen LogP contribution in [0.3, 0.4) is 0 Å². The van der Waals surface area contributed by atoms with Crippen LogP contribution in [-0.2, 0) is 9.59 Å². The number of aliphatic carboxylic acids is 2. The van der Waals surface area contributed by atoms with Gasteiger partial charge in [0.15, 0.2) is 5.96 Å². The minimum absolute atomic E-state index is 0.122. The van der Waals surface area contributed by atoms with E-state index in [9.17, 15) is 9.59 Å². The van der Waals surface area contributed by atoms with Crippen molar-refractivity contribution in [2.45, 2.75) is 6.04 Å². The Kier molecular flexibility index (Phi) is 6.42. The Morgan fingerprint density at radius 1 is 0.931 bits per heavy atom. The predicted octanol–water partition coefficient (Wildman–Crippen LogP) is 2.52. The van der Waals surface area contributed by atoms with Gasteiger partial charge in [-0.05, 0) is 22.3 Å². The fourth-order valence-corrected chi connectivity index (χ4v) is 3.13. The number of guanidine groups is 1. The number of hydrogen-bond donors (Lipinski definition) is 4. The summed E-state index contributed by atoms with van der Waals surface area (Å²) < 4.78 is 0. The SMILES string of the molecule is C1=Cc2ccccc2C(NC2=NCCN2)c2ccccc21.O=C(O)C=CC(=O)O. The average molecular weight is 391 g/mol. The first-order chi connectivity index (χ1) is 14.0. The fourth-order valence-electron chi connectivity index (χ4n) is 3.13. The second-order valence-electron chi connectivity index (χ2n) is 6.34. The third-order valence-corrected chi connectivity index (χ3v) is 4.38. The van der Waals surface area contributed by atoms with Gasteiger partial charge in [-0.25, -0.2) is 9.59 Å². The first-order valence-corrected chi connectivity index (χ1v) is 9.09. The van der Waals surface area contributed by atoms with Crippen molar-refractivity contribution < 1.29 is 19.8 Å². The summed E-state index contributed by atoms with van der Waals surface area (Å²) in [5.41, 5.74) is 5.08. The summed E-state index contributed by atoms with van der Waals surface area (Å²) in [4.78, 5) is 23.6. The molecule has 0 unspecified atom stereocenters. The molecule has 1 aliphatic heterocycles. The van der Waals surface area contributed by atoms with E-state index in [1.807, 2.05) is 0 Å². The van der Waals surface area contributed by atoms with Crippen LogP contribution in [0.1, 0.15) is 28.3 Å². The van der Waals surface area contributed by atoms with E-state index < -0.39 is 11.9 Å². The van der Waals surface area contributed by atoms with Crippen LogP contribution >= 0.6 is 0 Å². The Morgan fingerprint density at radius 2 is 1.45 bits per heavy atom. The molecule has 7 nitrogen and oxygen atoms in total. The maximum absolute atomic E-state index is 9.55. The van der Waals surface area contributed by atoms with Crippen molar-refractivity contribution in [3.05, 3.63) is 82.9 Å². The molecule has 0 spiro atoms. The Hall–Kier alpha value is -3.87. The number of nitrogens with zero attached hydrogens (tertiary/aromatic N) is 1. The molecule has 0 radical (unpaired) electrons. The van der Waals surface area contributed by atoms with Crippen LogP contribution in [0.25, 0.3) is 12.2 Å². The van der Waals surface area contributed by atoms with Crippen molar-refractivity contribution in [1.82, 2.24) is 10.6 Å². The standard InChI is InChI=1S/C18H17N3.C4H4O4/c1-3-7-15-13(5-1)9-10-14-6-2-4-8-16(14)17(15)21-18-19-11-12-20-18;5-3(6)1-2-4(7)8/h1-10,17H,11-12H2,(H2,19,20,21);1-2H,(H,5,6)(H,7,8). The second kappa shape index (κ2) is 9.36. The highest BCUT2D eigenvalue weighted by Crippen LogP contribution is 2.32. The van der Waals surface area contributed by atoms with Crippen LogP contribution < -0.4 is 10.6 Å². The highest BCUT2D eigenvalue weighted by Gasteiger charge is 2.22. The molecule has 0 fully saturated rings. The lowest BCUT2D eigenvalue weighted by Crippen LogP contribution is -2.37. The van der Waals surface area contributed by atoms with Gasteiger partial charge in [-0.15, -0.1) is 0 Å². The van der Waals surface area contributed by atoms with Gasteiger partial charge in [-0.2, -0.15) is 0 Å². The van der Waals surface area contributed by atoms with Gasteiger partial charge in [0.1, 0.15) is 0 Å². The molecule has 0 atom stereocenters. The van der Waals surface area contributed by atoms with Crippen LogP contribution in [0.2, 0.25) is 0 Å². The maximum atomic E-state index is 9.55. The number of carboxylic acids is 2. The van der Waals surface area contributed by atoms with Gasteiger partial charge >= 0.3 is 11.9 Å². The molecule has 4 rings (SSSR count). The number of fused-ring (bicyclic) bond motifs is 2. The molecule has 0 saturated heterocycles. The molecule has 0 aromatic heterocycles. The first kappa shape index (κ1) is 19.9. The summed E-state index contributed by atoms with van der Waals surface area (Å²) in [7, 11) is 0. The van der Waals surface area contributed by atoms with Gasteiger partial charge in [0, 0.05) is 18.7 Å². The van der Waals surface area contributed by atoms with Crippen LogP contribution in [0.4, 0.5) is 0 Å². The average Bonchev–Trinajstić information content (AvgIpc) is 3.18. The highest BCUT2D eigenvalue weighted by molar-refractivity contribution is 5.89. The van der Waals surface area contributed by atoms with Crippen molar-refractivity contribution in [1.29, 1.82) is 0 Å². The maximum Gasteiger partial charge on any atom is 0.328 e. The number of carboxylic acid groups (broad SMARTS) is 2. The number of hydrogen-bond acceptors (Lipinski definition) is 5. The smallest absolute Gasteiger partial charge is 0.328 e. The minimum Gasteiger partial charge on any atom is -0.478 e. The molecule has 2 aromatic carbocycles. The zero-order chi connectivity index (χ0) is 20.6. The van der Waals surface area contributed by atoms with Gasteiger partial charge in [0.05, 0.1) is 12.6 Å². The molecule has 0 amide bonds. The molecular weight excluding hydrogens is 370 g/mol. The lowest BCUT2D eigenvalue weighted by atomic mass is 9.94. The Bertz CT molecular complexity index is 930. The summed E-state index contributed by atoms with van der Waals surface area (Å²) in [6.07, 6.45) is 5.50. The number of rotatable bonds is 3. The van der Waals surface area contributed by atoms with Crippen molar-refractivity contribution in [2.75, 3.05) is 13.1 Å². The van der Waals surface area contributed by atoms with Gasteiger partial charge < -0.3 is 20.8 Å². The zero-order valence-corrected chi connectivity index (χ0v) is 15.6. The van der Waals surface area contributed by atoms with Gasteiger partial charge in [-0.1, -0.05) is 60.7 Å². The Balaban J connectivity index is 0.000000258. The molecule has 7 heteroatoms. The molecule has 2 aromatic rings. The Morgan fingerprint density at radius 3 is 1.90 bits per heavy atom. The molecule has 148 valence electrons. The Labute approximate surface area is 168 Å². The zero-order valence-electron chi connectivity index (χ0n) is 15.6. The quantitative estimate of drug-likeness (QED) is 0.599. The first-order valence-electron chi connectivity index (χ1n) is 9.09. The molecule has 0 saturated carbocycles. The molecule has 2 aliphatic rings. The molecule has 4 N–H and O–H groups in total. The number of nitrogens with one attached hydrogen (secondary N) is 2. The summed E-state index contributed by atoms with van der Waals surface area (Å²) in [5.74, 6) is -1.62. The van der Waals surface area contributed by atoms with E-state index in [1.54, 1.807) is 0 Å². The fraction of sp³-hybridized carbons (Fsp3) is 0.136.